The van der Waals surface area contributed by atoms with E-state index in [9.17, 15) is 0 Å². The van der Waals surface area contributed by atoms with E-state index in [1.54, 1.807) is 5.57 Å². The molecule has 0 N–H and O–H groups in total. The van der Waals surface area contributed by atoms with Crippen LogP contribution in [0.1, 0.15) is 135 Å². The van der Waals surface area contributed by atoms with Crippen LogP contribution in [0.4, 0.5) is 0 Å². The molecule has 2 aliphatic carbocycles. The van der Waals surface area contributed by atoms with Crippen LogP contribution in [0.2, 0.25) is 0 Å². The number of fused-ring (bicyclic) bond motifs is 4. The average molecular weight is 809 g/mol. The van der Waals surface area contributed by atoms with Crippen LogP contribution in [-0.2, 0) is 18.3 Å². The zero-order chi connectivity index (χ0) is 43.1. The number of benzene rings is 7. The number of hydrogen-bond acceptors (Lipinski definition) is 0. The minimum atomic E-state index is -0.162. The lowest BCUT2D eigenvalue weighted by molar-refractivity contribution is 0.446. The van der Waals surface area contributed by atoms with Crippen molar-refractivity contribution >= 4 is 0 Å². The molecule has 0 nitrogen and oxygen atoms in total. The van der Waals surface area contributed by atoms with Gasteiger partial charge in [-0.1, -0.05) is 205 Å². The largest absolute Gasteiger partial charge is 0.0843 e. The summed E-state index contributed by atoms with van der Waals surface area (Å²) in [5.74, 6) is 1.52. The van der Waals surface area contributed by atoms with Crippen LogP contribution in [0.5, 0.6) is 0 Å². The second-order valence-electron chi connectivity index (χ2n) is 19.2. The summed E-state index contributed by atoms with van der Waals surface area (Å²) in [6.07, 6.45) is 7.90. The minimum absolute atomic E-state index is 0.162. The predicted molar refractivity (Wildman–Crippen MR) is 267 cm³/mol. The number of allylic oxidation sites excluding steroid dienone is 2. The van der Waals surface area contributed by atoms with E-state index < -0.39 is 0 Å². The zero-order valence-corrected chi connectivity index (χ0v) is 38.4. The zero-order valence-electron chi connectivity index (χ0n) is 38.4. The maximum absolute atomic E-state index is 2.58. The number of aryl methyl sites for hydroxylation is 2. The van der Waals surface area contributed by atoms with E-state index in [0.717, 1.165) is 25.7 Å². The predicted octanol–water partition coefficient (Wildman–Crippen LogP) is 17.3. The van der Waals surface area contributed by atoms with Crippen LogP contribution >= 0.6 is 0 Å². The third kappa shape index (κ3) is 7.51. The van der Waals surface area contributed by atoms with Crippen molar-refractivity contribution in [3.63, 3.8) is 0 Å². The Hall–Kier alpha value is -5.72. The van der Waals surface area contributed by atoms with Crippen LogP contribution in [0.3, 0.4) is 0 Å². The molecule has 2 aliphatic rings. The quantitative estimate of drug-likeness (QED) is 0.106. The van der Waals surface area contributed by atoms with Crippen molar-refractivity contribution in [3.8, 4) is 44.5 Å². The topological polar surface area (TPSA) is 0 Å². The van der Waals surface area contributed by atoms with E-state index in [0.29, 0.717) is 11.8 Å². The summed E-state index contributed by atoms with van der Waals surface area (Å²) in [6, 6.07) is 58.6. The first kappa shape index (κ1) is 41.6. The molecule has 0 amide bonds. The average Bonchev–Trinajstić information content (AvgIpc) is 3.45. The van der Waals surface area contributed by atoms with E-state index in [1.807, 2.05) is 0 Å². The Kier molecular flexibility index (Phi) is 11.6. The van der Waals surface area contributed by atoms with Gasteiger partial charge in [-0.05, 0) is 152 Å². The van der Waals surface area contributed by atoms with Crippen LogP contribution in [0.15, 0.2) is 163 Å². The van der Waals surface area contributed by atoms with Gasteiger partial charge in [-0.2, -0.15) is 0 Å². The lowest BCUT2D eigenvalue weighted by Crippen LogP contribution is -2.29. The molecule has 0 spiro atoms. The van der Waals surface area contributed by atoms with E-state index in [4.69, 9.17) is 0 Å². The van der Waals surface area contributed by atoms with Gasteiger partial charge in [0.25, 0.3) is 0 Å². The first-order valence-corrected chi connectivity index (χ1v) is 23.5. The summed E-state index contributed by atoms with van der Waals surface area (Å²) in [5.41, 5.74) is 25.1. The molecule has 62 heavy (non-hydrogen) atoms. The summed E-state index contributed by atoms with van der Waals surface area (Å²) in [7, 11) is 0. The normalized spacial score (nSPS) is 19.8. The van der Waals surface area contributed by atoms with Crippen molar-refractivity contribution in [1.29, 1.82) is 0 Å². The second kappa shape index (κ2) is 17.2. The molecule has 0 saturated heterocycles. The van der Waals surface area contributed by atoms with Crippen LogP contribution in [0.25, 0.3) is 44.5 Å². The van der Waals surface area contributed by atoms with Crippen LogP contribution in [-0.4, -0.2) is 0 Å². The Morgan fingerprint density at radius 1 is 0.548 bits per heavy atom. The van der Waals surface area contributed by atoms with Crippen LogP contribution in [0, 0.1) is 13.8 Å². The van der Waals surface area contributed by atoms with Crippen molar-refractivity contribution in [2.45, 2.75) is 117 Å². The minimum Gasteiger partial charge on any atom is -0.0843 e. The summed E-state index contributed by atoms with van der Waals surface area (Å²) >= 11 is 0. The van der Waals surface area contributed by atoms with Gasteiger partial charge in [-0.25, -0.2) is 0 Å². The van der Waals surface area contributed by atoms with E-state index in [2.05, 4.69) is 213 Å². The molecule has 0 heteroatoms. The molecule has 0 aromatic heterocycles. The fourth-order valence-corrected chi connectivity index (χ4v) is 11.8. The number of hydrogen-bond donors (Lipinski definition) is 0. The Labute approximate surface area is 372 Å². The smallest absolute Gasteiger partial charge is 0.0146 e. The Bertz CT molecular complexity index is 2770. The van der Waals surface area contributed by atoms with Crippen molar-refractivity contribution in [3.05, 3.63) is 213 Å². The maximum Gasteiger partial charge on any atom is 0.0146 e. The van der Waals surface area contributed by atoms with Gasteiger partial charge in [0.15, 0.2) is 0 Å². The molecule has 7 aromatic rings. The SMILES string of the molecule is CC/C=C1\C(c2ccccc2C)Cc2cc(-c3ccc4c(c3)-c3ccccc3C(C)CC4C)ccc2C(C)(C)C1c1ccc(-c2cccc(-c3ccccc3C)c2CCC)cc1. The highest BCUT2D eigenvalue weighted by Crippen LogP contribution is 2.54. The van der Waals surface area contributed by atoms with Crippen molar-refractivity contribution < 1.29 is 0 Å². The molecular weight excluding hydrogens is 745 g/mol. The first-order valence-electron chi connectivity index (χ1n) is 23.5. The van der Waals surface area contributed by atoms with Gasteiger partial charge in [-0.15, -0.1) is 0 Å². The van der Waals surface area contributed by atoms with Gasteiger partial charge in [0.1, 0.15) is 0 Å². The second-order valence-corrected chi connectivity index (χ2v) is 19.2. The summed E-state index contributed by atoms with van der Waals surface area (Å²) in [5, 5.41) is 0. The third-order valence-corrected chi connectivity index (χ3v) is 14.8. The van der Waals surface area contributed by atoms with Gasteiger partial charge in [-0.3, -0.25) is 0 Å². The molecule has 0 bridgehead atoms. The molecule has 4 unspecified atom stereocenters. The third-order valence-electron chi connectivity index (χ3n) is 14.8. The van der Waals surface area contributed by atoms with Gasteiger partial charge in [0, 0.05) is 17.3 Å². The highest BCUT2D eigenvalue weighted by atomic mass is 14.5. The Morgan fingerprint density at radius 2 is 1.15 bits per heavy atom. The van der Waals surface area contributed by atoms with Crippen molar-refractivity contribution in [2.75, 3.05) is 0 Å². The molecule has 0 heterocycles. The molecule has 0 saturated carbocycles. The van der Waals surface area contributed by atoms with E-state index >= 15 is 0 Å². The van der Waals surface area contributed by atoms with Gasteiger partial charge in [0.05, 0.1) is 0 Å². The molecule has 9 rings (SSSR count). The monoisotopic (exact) mass is 809 g/mol. The highest BCUT2D eigenvalue weighted by molar-refractivity contribution is 5.81. The molecule has 312 valence electrons. The molecule has 0 aliphatic heterocycles. The maximum atomic E-state index is 2.58. The molecule has 4 atom stereocenters. The molecule has 0 radical (unpaired) electrons. The highest BCUT2D eigenvalue weighted by Gasteiger charge is 2.42. The van der Waals surface area contributed by atoms with Gasteiger partial charge < -0.3 is 0 Å². The fraction of sp³-hybridized carbons (Fsp3) is 0.290. The Balaban J connectivity index is 1.17. The standard InChI is InChI=1S/C62H64/c1-9-18-54-53(26-17-27-55(54)49-22-13-11-20-40(49)3)44-28-30-45(31-29-44)61-57(19-10-2)59(50-23-14-12-21-41(50)4)39-48-37-46(33-35-60(48)62(61,7)8)47-32-34-52-43(6)36-42(5)51-24-15-16-25-56(51)58(52)38-47/h11-17,19-35,37-38,42-43,59,61H,9-10,18,36,39H2,1-8H3/b57-19+. The van der Waals surface area contributed by atoms with Gasteiger partial charge in [0.2, 0.25) is 0 Å². The summed E-state index contributed by atoms with van der Waals surface area (Å²) in [6.45, 7) is 19.0. The lowest BCUT2D eigenvalue weighted by atomic mass is 9.65. The van der Waals surface area contributed by atoms with Crippen molar-refractivity contribution in [2.24, 2.45) is 0 Å². The molecular formula is C62H64. The van der Waals surface area contributed by atoms with Crippen LogP contribution < -0.4 is 0 Å². The lowest BCUT2D eigenvalue weighted by Gasteiger charge is -2.38. The molecule has 0 fully saturated rings. The van der Waals surface area contributed by atoms with Crippen molar-refractivity contribution in [1.82, 2.24) is 0 Å². The van der Waals surface area contributed by atoms with E-state index in [-0.39, 0.29) is 17.3 Å². The first-order chi connectivity index (χ1) is 30.1. The number of rotatable bonds is 8. The van der Waals surface area contributed by atoms with Gasteiger partial charge >= 0.3 is 0 Å². The fourth-order valence-electron chi connectivity index (χ4n) is 11.8. The summed E-state index contributed by atoms with van der Waals surface area (Å²) < 4.78 is 0. The Morgan fingerprint density at radius 3 is 1.85 bits per heavy atom. The van der Waals surface area contributed by atoms with E-state index in [1.165, 1.54) is 101 Å². The summed E-state index contributed by atoms with van der Waals surface area (Å²) in [4.78, 5) is 0. The molecule has 7 aromatic carbocycles.